The molecule has 1 saturated heterocycles. The average Bonchev–Trinajstić information content (AvgIpc) is 2.39. The molecule has 1 atom stereocenters. The van der Waals surface area contributed by atoms with Crippen LogP contribution in [0.5, 0.6) is 0 Å². The number of rotatable bonds is 3. The van der Waals surface area contributed by atoms with Crippen LogP contribution in [0.25, 0.3) is 0 Å². The smallest absolute Gasteiger partial charge is 0.327 e. The fraction of sp³-hybridized carbons (Fsp3) is 0.667. The number of hydrogen-bond donors (Lipinski definition) is 0. The van der Waals surface area contributed by atoms with Gasteiger partial charge in [0, 0.05) is 13.6 Å². The maximum Gasteiger partial charge on any atom is 0.327 e. The van der Waals surface area contributed by atoms with Crippen molar-refractivity contribution in [3.63, 3.8) is 0 Å². The van der Waals surface area contributed by atoms with Crippen molar-refractivity contribution in [2.75, 3.05) is 20.7 Å². The first-order chi connectivity index (χ1) is 7.04. The van der Waals surface area contributed by atoms with Crippen LogP contribution in [0, 0.1) is 0 Å². The molecule has 1 aliphatic heterocycles. The third-order valence-corrected chi connectivity index (χ3v) is 2.37. The predicted molar refractivity (Wildman–Crippen MR) is 54.5 cm³/mol. The van der Waals surface area contributed by atoms with Gasteiger partial charge in [-0.3, -0.25) is 9.69 Å². The van der Waals surface area contributed by atoms with Gasteiger partial charge in [-0.05, 0) is 13.8 Å². The van der Waals surface area contributed by atoms with E-state index in [9.17, 15) is 9.59 Å². The molecule has 3 amide bonds. The van der Waals surface area contributed by atoms with Crippen LogP contribution in [0.2, 0.25) is 0 Å². The molecular weight excluding hydrogens is 198 g/mol. The SMILES string of the molecule is CCN1C(=O)C(/C(C)=N/OC)N(C)C1=O. The van der Waals surface area contributed by atoms with Gasteiger partial charge in [0.15, 0.2) is 6.04 Å². The summed E-state index contributed by atoms with van der Waals surface area (Å²) in [7, 11) is 2.98. The summed E-state index contributed by atoms with van der Waals surface area (Å²) in [6, 6.07) is -0.921. The summed E-state index contributed by atoms with van der Waals surface area (Å²) in [5, 5.41) is 3.69. The van der Waals surface area contributed by atoms with E-state index >= 15 is 0 Å². The molecule has 6 nitrogen and oxygen atoms in total. The number of hydrogen-bond acceptors (Lipinski definition) is 4. The van der Waals surface area contributed by atoms with Crippen molar-refractivity contribution in [2.24, 2.45) is 5.16 Å². The predicted octanol–water partition coefficient (Wildman–Crippen LogP) is 0.291. The van der Waals surface area contributed by atoms with Crippen molar-refractivity contribution in [3.05, 3.63) is 0 Å². The zero-order valence-electron chi connectivity index (χ0n) is 9.35. The van der Waals surface area contributed by atoms with Crippen molar-refractivity contribution in [2.45, 2.75) is 19.9 Å². The van der Waals surface area contributed by atoms with Gasteiger partial charge in [0.2, 0.25) is 0 Å². The van der Waals surface area contributed by atoms with Crippen LogP contribution in [0.4, 0.5) is 4.79 Å². The summed E-state index contributed by atoms with van der Waals surface area (Å²) in [6.07, 6.45) is 0. The van der Waals surface area contributed by atoms with Gasteiger partial charge in [-0.1, -0.05) is 5.16 Å². The Balaban J connectivity index is 2.97. The molecule has 1 unspecified atom stereocenters. The summed E-state index contributed by atoms with van der Waals surface area (Å²) in [5.74, 6) is -0.247. The quantitative estimate of drug-likeness (QED) is 0.384. The highest BCUT2D eigenvalue weighted by atomic mass is 16.6. The topological polar surface area (TPSA) is 62.2 Å². The van der Waals surface area contributed by atoms with E-state index in [4.69, 9.17) is 0 Å². The summed E-state index contributed by atoms with van der Waals surface area (Å²) in [4.78, 5) is 30.6. The van der Waals surface area contributed by atoms with E-state index in [1.165, 1.54) is 16.9 Å². The lowest BCUT2D eigenvalue weighted by atomic mass is 10.2. The lowest BCUT2D eigenvalue weighted by Gasteiger charge is -2.14. The van der Waals surface area contributed by atoms with E-state index < -0.39 is 6.04 Å². The molecule has 1 heterocycles. The highest BCUT2D eigenvalue weighted by Gasteiger charge is 2.43. The lowest BCUT2D eigenvalue weighted by Crippen LogP contribution is -2.37. The molecule has 0 aromatic heterocycles. The number of nitrogens with zero attached hydrogens (tertiary/aromatic N) is 3. The Morgan fingerprint density at radius 2 is 2.13 bits per heavy atom. The fourth-order valence-corrected chi connectivity index (χ4v) is 1.65. The molecular formula is C9H15N3O3. The van der Waals surface area contributed by atoms with E-state index in [0.717, 1.165) is 0 Å². The molecule has 1 fully saturated rings. The Bertz CT molecular complexity index is 314. The number of amides is 3. The standard InChI is InChI=1S/C9H15N3O3/c1-5-12-8(13)7(6(2)10-15-4)11(3)9(12)14/h7H,5H2,1-4H3/b10-6+. The normalized spacial score (nSPS) is 22.7. The molecule has 0 aromatic carbocycles. The molecule has 6 heteroatoms. The maximum atomic E-state index is 11.8. The lowest BCUT2D eigenvalue weighted by molar-refractivity contribution is -0.126. The van der Waals surface area contributed by atoms with E-state index in [2.05, 4.69) is 9.99 Å². The minimum Gasteiger partial charge on any atom is -0.399 e. The summed E-state index contributed by atoms with van der Waals surface area (Å²) >= 11 is 0. The van der Waals surface area contributed by atoms with Crippen molar-refractivity contribution < 1.29 is 14.4 Å². The van der Waals surface area contributed by atoms with Crippen LogP contribution in [-0.4, -0.2) is 54.2 Å². The third kappa shape index (κ3) is 1.79. The third-order valence-electron chi connectivity index (χ3n) is 2.37. The van der Waals surface area contributed by atoms with Gasteiger partial charge in [-0.2, -0.15) is 0 Å². The average molecular weight is 213 g/mol. The molecule has 0 saturated carbocycles. The van der Waals surface area contributed by atoms with Crippen molar-refractivity contribution in [1.29, 1.82) is 0 Å². The minimum atomic E-state index is -0.627. The molecule has 1 aliphatic rings. The molecule has 0 aliphatic carbocycles. The molecule has 0 spiro atoms. The highest BCUT2D eigenvalue weighted by Crippen LogP contribution is 2.16. The van der Waals surface area contributed by atoms with Gasteiger partial charge >= 0.3 is 6.03 Å². The van der Waals surface area contributed by atoms with Gasteiger partial charge in [0.05, 0.1) is 5.71 Å². The summed E-state index contributed by atoms with van der Waals surface area (Å²) in [5.41, 5.74) is 0.481. The van der Waals surface area contributed by atoms with Crippen LogP contribution in [0.15, 0.2) is 5.16 Å². The number of likely N-dealkylation sites (N-methyl/N-ethyl adjacent to an activating group) is 2. The largest absolute Gasteiger partial charge is 0.399 e. The molecule has 0 N–H and O–H groups in total. The zero-order valence-corrected chi connectivity index (χ0v) is 9.35. The first kappa shape index (κ1) is 11.5. The first-order valence-corrected chi connectivity index (χ1v) is 4.70. The summed E-state index contributed by atoms with van der Waals surface area (Å²) < 4.78 is 0. The summed E-state index contributed by atoms with van der Waals surface area (Å²) in [6.45, 7) is 3.79. The Labute approximate surface area is 88.5 Å². The first-order valence-electron chi connectivity index (χ1n) is 4.70. The van der Waals surface area contributed by atoms with Crippen molar-refractivity contribution in [3.8, 4) is 0 Å². The van der Waals surface area contributed by atoms with Gasteiger partial charge in [0.25, 0.3) is 5.91 Å². The van der Waals surface area contributed by atoms with Crippen LogP contribution in [-0.2, 0) is 9.63 Å². The molecule has 0 radical (unpaired) electrons. The van der Waals surface area contributed by atoms with Crippen LogP contribution in [0.3, 0.4) is 0 Å². The van der Waals surface area contributed by atoms with Gasteiger partial charge in [-0.25, -0.2) is 4.79 Å². The Morgan fingerprint density at radius 1 is 1.53 bits per heavy atom. The second kappa shape index (κ2) is 4.29. The maximum absolute atomic E-state index is 11.8. The Kier molecular flexibility index (Phi) is 3.28. The Morgan fingerprint density at radius 3 is 2.53 bits per heavy atom. The van der Waals surface area contributed by atoms with E-state index in [1.807, 2.05) is 0 Å². The molecule has 15 heavy (non-hydrogen) atoms. The van der Waals surface area contributed by atoms with E-state index in [-0.39, 0.29) is 11.9 Å². The van der Waals surface area contributed by atoms with Crippen LogP contribution in [0.1, 0.15) is 13.8 Å². The number of carbonyl (C=O) groups excluding carboxylic acids is 2. The van der Waals surface area contributed by atoms with E-state index in [0.29, 0.717) is 12.3 Å². The number of urea groups is 1. The van der Waals surface area contributed by atoms with E-state index in [1.54, 1.807) is 20.9 Å². The molecule has 0 bridgehead atoms. The van der Waals surface area contributed by atoms with Crippen molar-refractivity contribution in [1.82, 2.24) is 9.80 Å². The highest BCUT2D eigenvalue weighted by molar-refractivity contribution is 6.17. The number of imide groups is 1. The molecule has 1 rings (SSSR count). The number of carbonyl (C=O) groups is 2. The van der Waals surface area contributed by atoms with Crippen molar-refractivity contribution >= 4 is 17.6 Å². The minimum absolute atomic E-state index is 0.247. The second-order valence-corrected chi connectivity index (χ2v) is 3.29. The Hall–Kier alpha value is -1.59. The van der Waals surface area contributed by atoms with Crippen LogP contribution < -0.4 is 0 Å². The fourth-order valence-electron chi connectivity index (χ4n) is 1.65. The van der Waals surface area contributed by atoms with Gasteiger partial charge in [0.1, 0.15) is 7.11 Å². The molecule has 84 valence electrons. The van der Waals surface area contributed by atoms with Gasteiger partial charge < -0.3 is 9.74 Å². The van der Waals surface area contributed by atoms with Gasteiger partial charge in [-0.15, -0.1) is 0 Å². The van der Waals surface area contributed by atoms with Crippen LogP contribution >= 0.6 is 0 Å². The second-order valence-electron chi connectivity index (χ2n) is 3.29. The monoisotopic (exact) mass is 213 g/mol. The zero-order chi connectivity index (χ0) is 11.6. The molecule has 0 aromatic rings. The number of oxime groups is 1.